The Morgan fingerprint density at radius 3 is 2.78 bits per heavy atom. The van der Waals surface area contributed by atoms with E-state index in [1.54, 1.807) is 0 Å². The van der Waals surface area contributed by atoms with E-state index in [1.807, 2.05) is 0 Å². The van der Waals surface area contributed by atoms with Crippen molar-refractivity contribution in [2.45, 2.75) is 45.2 Å². The second kappa shape index (κ2) is 4.93. The van der Waals surface area contributed by atoms with E-state index in [1.165, 1.54) is 50.1 Å². The van der Waals surface area contributed by atoms with Crippen LogP contribution in [0.25, 0.3) is 0 Å². The predicted molar refractivity (Wildman–Crippen MR) is 77.2 cm³/mol. The molecular weight excluding hydrogens is 220 g/mol. The zero-order valence-corrected chi connectivity index (χ0v) is 11.6. The summed E-state index contributed by atoms with van der Waals surface area (Å²) in [5, 5.41) is 0. The van der Waals surface area contributed by atoms with Crippen molar-refractivity contribution in [3.05, 3.63) is 29.8 Å². The molecule has 0 amide bonds. The molecule has 98 valence electrons. The van der Waals surface area contributed by atoms with Gasteiger partial charge in [0.2, 0.25) is 0 Å². The zero-order valence-electron chi connectivity index (χ0n) is 11.6. The van der Waals surface area contributed by atoms with Crippen LogP contribution >= 0.6 is 0 Å². The number of aryl methyl sites for hydroxylation is 1. The van der Waals surface area contributed by atoms with Gasteiger partial charge in [-0.3, -0.25) is 4.90 Å². The van der Waals surface area contributed by atoms with Crippen LogP contribution in [0, 0.1) is 6.92 Å². The highest BCUT2D eigenvalue weighted by Gasteiger charge is 2.32. The quantitative estimate of drug-likeness (QED) is 0.789. The average molecular weight is 244 g/mol. The number of anilines is 1. The Morgan fingerprint density at radius 2 is 2.06 bits per heavy atom. The molecule has 2 saturated heterocycles. The Balaban J connectivity index is 1.68. The first-order valence-electron chi connectivity index (χ1n) is 7.31. The SMILES string of the molecule is Cc1cccc(N2CC[C@H](N3CCC[C@H]3C)C2)c1. The van der Waals surface area contributed by atoms with E-state index in [-0.39, 0.29) is 0 Å². The second-order valence-corrected chi connectivity index (χ2v) is 5.96. The minimum absolute atomic E-state index is 0.781. The topological polar surface area (TPSA) is 6.48 Å². The van der Waals surface area contributed by atoms with Gasteiger partial charge >= 0.3 is 0 Å². The summed E-state index contributed by atoms with van der Waals surface area (Å²) in [6, 6.07) is 10.5. The molecule has 0 N–H and O–H groups in total. The number of hydrogen-bond acceptors (Lipinski definition) is 2. The molecule has 0 saturated carbocycles. The third-order valence-corrected chi connectivity index (χ3v) is 4.60. The van der Waals surface area contributed by atoms with Gasteiger partial charge in [0, 0.05) is 30.9 Å². The number of likely N-dealkylation sites (tertiary alicyclic amines) is 1. The molecule has 0 unspecified atom stereocenters. The van der Waals surface area contributed by atoms with Gasteiger partial charge in [-0.05, 0) is 57.4 Å². The van der Waals surface area contributed by atoms with Crippen molar-refractivity contribution >= 4 is 5.69 Å². The molecule has 0 bridgehead atoms. The molecular formula is C16H24N2. The summed E-state index contributed by atoms with van der Waals surface area (Å²) in [5.74, 6) is 0. The fourth-order valence-electron chi connectivity index (χ4n) is 3.57. The van der Waals surface area contributed by atoms with Gasteiger partial charge in [-0.1, -0.05) is 12.1 Å². The van der Waals surface area contributed by atoms with Gasteiger partial charge in [0.1, 0.15) is 0 Å². The molecule has 2 aliphatic rings. The molecule has 2 aliphatic heterocycles. The standard InChI is InChI=1S/C16H24N2/c1-13-5-3-7-15(11-13)17-10-8-16(12-17)18-9-4-6-14(18)2/h3,5,7,11,14,16H,4,6,8-10,12H2,1-2H3/t14-,16+/m1/s1. The second-order valence-electron chi connectivity index (χ2n) is 5.96. The van der Waals surface area contributed by atoms with Gasteiger partial charge in [-0.2, -0.15) is 0 Å². The summed E-state index contributed by atoms with van der Waals surface area (Å²) in [7, 11) is 0. The monoisotopic (exact) mass is 244 g/mol. The van der Waals surface area contributed by atoms with Crippen molar-refractivity contribution in [3.8, 4) is 0 Å². The molecule has 0 spiro atoms. The Labute approximate surface area is 111 Å². The first-order valence-corrected chi connectivity index (χ1v) is 7.31. The Kier molecular flexibility index (Phi) is 3.29. The van der Waals surface area contributed by atoms with Gasteiger partial charge in [0.15, 0.2) is 0 Å². The lowest BCUT2D eigenvalue weighted by atomic mass is 10.2. The predicted octanol–water partition coefficient (Wildman–Crippen LogP) is 3.06. The molecule has 2 nitrogen and oxygen atoms in total. The van der Waals surface area contributed by atoms with Crippen molar-refractivity contribution in [1.29, 1.82) is 0 Å². The third kappa shape index (κ3) is 2.26. The van der Waals surface area contributed by atoms with Crippen molar-refractivity contribution in [1.82, 2.24) is 4.90 Å². The molecule has 2 heteroatoms. The number of nitrogens with zero attached hydrogens (tertiary/aromatic N) is 2. The molecule has 18 heavy (non-hydrogen) atoms. The van der Waals surface area contributed by atoms with Crippen molar-refractivity contribution in [3.63, 3.8) is 0 Å². The number of hydrogen-bond donors (Lipinski definition) is 0. The van der Waals surface area contributed by atoms with Crippen LogP contribution in [0.2, 0.25) is 0 Å². The van der Waals surface area contributed by atoms with Gasteiger partial charge in [0.25, 0.3) is 0 Å². The van der Waals surface area contributed by atoms with Gasteiger partial charge < -0.3 is 4.90 Å². The van der Waals surface area contributed by atoms with Crippen LogP contribution in [0.1, 0.15) is 31.7 Å². The first-order chi connectivity index (χ1) is 8.74. The van der Waals surface area contributed by atoms with E-state index in [4.69, 9.17) is 0 Å². The van der Waals surface area contributed by atoms with E-state index in [0.29, 0.717) is 0 Å². The molecule has 1 aromatic rings. The van der Waals surface area contributed by atoms with Crippen LogP contribution < -0.4 is 4.90 Å². The molecule has 0 aliphatic carbocycles. The fourth-order valence-corrected chi connectivity index (χ4v) is 3.57. The highest BCUT2D eigenvalue weighted by Crippen LogP contribution is 2.28. The van der Waals surface area contributed by atoms with Crippen LogP contribution in [0.4, 0.5) is 5.69 Å². The Morgan fingerprint density at radius 1 is 1.17 bits per heavy atom. The van der Waals surface area contributed by atoms with Crippen molar-refractivity contribution in [2.24, 2.45) is 0 Å². The molecule has 1 aromatic carbocycles. The fraction of sp³-hybridized carbons (Fsp3) is 0.625. The highest BCUT2D eigenvalue weighted by atomic mass is 15.3. The average Bonchev–Trinajstić information content (AvgIpc) is 2.97. The van der Waals surface area contributed by atoms with Crippen LogP contribution in [-0.4, -0.2) is 36.6 Å². The Bertz CT molecular complexity index is 415. The van der Waals surface area contributed by atoms with Gasteiger partial charge in [-0.15, -0.1) is 0 Å². The van der Waals surface area contributed by atoms with Crippen LogP contribution in [0.3, 0.4) is 0 Å². The van der Waals surface area contributed by atoms with E-state index >= 15 is 0 Å². The normalized spacial score (nSPS) is 29.1. The molecule has 2 atom stereocenters. The largest absolute Gasteiger partial charge is 0.370 e. The van der Waals surface area contributed by atoms with Crippen LogP contribution in [0.15, 0.2) is 24.3 Å². The minimum atomic E-state index is 0.781. The van der Waals surface area contributed by atoms with Gasteiger partial charge in [0.05, 0.1) is 0 Å². The third-order valence-electron chi connectivity index (χ3n) is 4.60. The molecule has 3 rings (SSSR count). The maximum Gasteiger partial charge on any atom is 0.0369 e. The smallest absolute Gasteiger partial charge is 0.0369 e. The lowest BCUT2D eigenvalue weighted by Gasteiger charge is -2.28. The number of benzene rings is 1. The summed E-state index contributed by atoms with van der Waals surface area (Å²) in [4.78, 5) is 5.29. The van der Waals surface area contributed by atoms with Crippen molar-refractivity contribution in [2.75, 3.05) is 24.5 Å². The molecule has 0 aromatic heterocycles. The van der Waals surface area contributed by atoms with E-state index < -0.39 is 0 Å². The van der Waals surface area contributed by atoms with Crippen molar-refractivity contribution < 1.29 is 0 Å². The maximum absolute atomic E-state index is 2.73. The van der Waals surface area contributed by atoms with Crippen LogP contribution in [-0.2, 0) is 0 Å². The summed E-state index contributed by atoms with van der Waals surface area (Å²) in [6.45, 7) is 8.32. The molecule has 2 heterocycles. The maximum atomic E-state index is 2.73. The first kappa shape index (κ1) is 12.0. The van der Waals surface area contributed by atoms with E-state index in [2.05, 4.69) is 47.9 Å². The summed E-state index contributed by atoms with van der Waals surface area (Å²) in [5.41, 5.74) is 2.77. The van der Waals surface area contributed by atoms with E-state index in [9.17, 15) is 0 Å². The van der Waals surface area contributed by atoms with E-state index in [0.717, 1.165) is 12.1 Å². The lowest BCUT2D eigenvalue weighted by Crippen LogP contribution is -2.39. The molecule has 2 fully saturated rings. The summed E-state index contributed by atoms with van der Waals surface area (Å²) in [6.07, 6.45) is 4.11. The summed E-state index contributed by atoms with van der Waals surface area (Å²) >= 11 is 0. The minimum Gasteiger partial charge on any atom is -0.370 e. The lowest BCUT2D eigenvalue weighted by molar-refractivity contribution is 0.204. The highest BCUT2D eigenvalue weighted by molar-refractivity contribution is 5.49. The van der Waals surface area contributed by atoms with Gasteiger partial charge in [-0.25, -0.2) is 0 Å². The Hall–Kier alpha value is -1.02. The zero-order chi connectivity index (χ0) is 12.5. The summed E-state index contributed by atoms with van der Waals surface area (Å²) < 4.78 is 0. The molecule has 0 radical (unpaired) electrons. The van der Waals surface area contributed by atoms with Crippen LogP contribution in [0.5, 0.6) is 0 Å². The number of rotatable bonds is 2.